The lowest BCUT2D eigenvalue weighted by molar-refractivity contribution is -0.137. The fraction of sp³-hybridized carbons (Fsp3) is 0.938. The monoisotopic (exact) mass is 272 g/mol. The molecule has 0 aliphatic heterocycles. The van der Waals surface area contributed by atoms with Gasteiger partial charge in [-0.25, -0.2) is 0 Å². The first-order valence-corrected chi connectivity index (χ1v) is 8.06. The van der Waals surface area contributed by atoms with Crippen molar-refractivity contribution in [2.24, 2.45) is 0 Å². The van der Waals surface area contributed by atoms with Gasteiger partial charge in [-0.2, -0.15) is 0 Å². The third-order valence-corrected chi connectivity index (χ3v) is 3.65. The smallest absolute Gasteiger partial charge is 0.303 e. The highest BCUT2D eigenvalue weighted by Gasteiger charge is 2.00. The van der Waals surface area contributed by atoms with E-state index < -0.39 is 5.97 Å². The second-order valence-corrected chi connectivity index (χ2v) is 5.53. The molecule has 0 radical (unpaired) electrons. The zero-order chi connectivity index (χ0) is 14.3. The minimum Gasteiger partial charge on any atom is -0.481 e. The van der Waals surface area contributed by atoms with Gasteiger partial charge in [0.25, 0.3) is 0 Å². The van der Waals surface area contributed by atoms with Gasteiger partial charge in [-0.1, -0.05) is 64.7 Å². The van der Waals surface area contributed by atoms with Gasteiger partial charge in [0.1, 0.15) is 0 Å². The van der Waals surface area contributed by atoms with E-state index in [1.807, 2.05) is 6.92 Å². The first-order chi connectivity index (χ1) is 9.16. The van der Waals surface area contributed by atoms with Crippen LogP contribution in [0.25, 0.3) is 0 Å². The normalized spacial score (nSPS) is 12.5. The fourth-order valence-electron chi connectivity index (χ4n) is 2.27. The van der Waals surface area contributed by atoms with Crippen molar-refractivity contribution in [3.63, 3.8) is 0 Å². The van der Waals surface area contributed by atoms with E-state index in [1.165, 1.54) is 44.9 Å². The number of rotatable bonds is 14. The molecule has 114 valence electrons. The maximum Gasteiger partial charge on any atom is 0.303 e. The van der Waals surface area contributed by atoms with E-state index in [-0.39, 0.29) is 6.10 Å². The van der Waals surface area contributed by atoms with Crippen molar-refractivity contribution in [3.8, 4) is 0 Å². The van der Waals surface area contributed by atoms with Gasteiger partial charge in [0.05, 0.1) is 6.10 Å². The number of unbranched alkanes of at least 4 members (excludes halogenated alkanes) is 9. The first kappa shape index (κ1) is 18.4. The molecule has 0 aromatic carbocycles. The number of carbonyl (C=O) groups is 1. The Morgan fingerprint density at radius 1 is 0.842 bits per heavy atom. The number of carboxylic acid groups (broad SMARTS) is 1. The Hall–Kier alpha value is -0.570. The summed E-state index contributed by atoms with van der Waals surface area (Å²) in [5.74, 6) is -0.673. The number of aliphatic hydroxyl groups excluding tert-OH is 1. The molecule has 0 aliphatic rings. The molecule has 0 aromatic heterocycles. The van der Waals surface area contributed by atoms with Crippen LogP contribution in [0.5, 0.6) is 0 Å². The molecule has 0 saturated heterocycles. The third kappa shape index (κ3) is 15.4. The van der Waals surface area contributed by atoms with E-state index >= 15 is 0 Å². The highest BCUT2D eigenvalue weighted by molar-refractivity contribution is 5.66. The summed E-state index contributed by atoms with van der Waals surface area (Å²) in [6.07, 6.45) is 13.9. The van der Waals surface area contributed by atoms with Crippen molar-refractivity contribution in [1.29, 1.82) is 0 Å². The van der Waals surface area contributed by atoms with Gasteiger partial charge in [0, 0.05) is 6.42 Å². The standard InChI is InChI=1S/C16H32O3/c1-2-15(17)13-11-9-7-5-3-4-6-8-10-12-14-16(18)19/h15,17H,2-14H2,1H3,(H,18,19)/t15-/m1/s1. The molecule has 0 rings (SSSR count). The summed E-state index contributed by atoms with van der Waals surface area (Å²) in [5.41, 5.74) is 0. The summed E-state index contributed by atoms with van der Waals surface area (Å²) in [6, 6.07) is 0. The molecule has 0 aromatic rings. The molecule has 0 bridgehead atoms. The van der Waals surface area contributed by atoms with E-state index in [9.17, 15) is 9.90 Å². The molecule has 0 amide bonds. The number of hydrogen-bond donors (Lipinski definition) is 2. The van der Waals surface area contributed by atoms with Gasteiger partial charge in [-0.05, 0) is 19.3 Å². The molecule has 0 fully saturated rings. The van der Waals surface area contributed by atoms with Gasteiger partial charge in [-0.3, -0.25) is 4.79 Å². The molecule has 0 heterocycles. The van der Waals surface area contributed by atoms with Crippen LogP contribution >= 0.6 is 0 Å². The molecule has 3 heteroatoms. The van der Waals surface area contributed by atoms with Crippen molar-refractivity contribution in [1.82, 2.24) is 0 Å². The van der Waals surface area contributed by atoms with Crippen LogP contribution in [0.4, 0.5) is 0 Å². The van der Waals surface area contributed by atoms with Gasteiger partial charge in [0.15, 0.2) is 0 Å². The second-order valence-electron chi connectivity index (χ2n) is 5.53. The largest absolute Gasteiger partial charge is 0.481 e. The predicted molar refractivity (Wildman–Crippen MR) is 79.3 cm³/mol. The average molecular weight is 272 g/mol. The molecule has 0 saturated carbocycles. The van der Waals surface area contributed by atoms with Crippen molar-refractivity contribution >= 4 is 5.97 Å². The zero-order valence-corrected chi connectivity index (χ0v) is 12.6. The lowest BCUT2D eigenvalue weighted by Gasteiger charge is -2.06. The van der Waals surface area contributed by atoms with Crippen LogP contribution in [0.1, 0.15) is 90.4 Å². The highest BCUT2D eigenvalue weighted by Crippen LogP contribution is 2.13. The number of aliphatic carboxylic acids is 1. The van der Waals surface area contributed by atoms with Gasteiger partial charge in [-0.15, -0.1) is 0 Å². The van der Waals surface area contributed by atoms with Crippen molar-refractivity contribution in [2.75, 3.05) is 0 Å². The Bertz CT molecular complexity index is 204. The summed E-state index contributed by atoms with van der Waals surface area (Å²) in [4.78, 5) is 10.3. The van der Waals surface area contributed by atoms with Crippen LogP contribution in [0.3, 0.4) is 0 Å². The number of aliphatic hydroxyl groups is 1. The third-order valence-electron chi connectivity index (χ3n) is 3.65. The lowest BCUT2D eigenvalue weighted by atomic mass is 10.0. The Labute approximate surface area is 118 Å². The van der Waals surface area contributed by atoms with E-state index in [1.54, 1.807) is 0 Å². The van der Waals surface area contributed by atoms with Crippen LogP contribution in [-0.4, -0.2) is 22.3 Å². The van der Waals surface area contributed by atoms with Gasteiger partial charge in [0.2, 0.25) is 0 Å². The SMILES string of the molecule is CC[C@@H](O)CCCCCCCCCCCCC(=O)O. The van der Waals surface area contributed by atoms with Crippen LogP contribution in [0.2, 0.25) is 0 Å². The molecule has 0 spiro atoms. The highest BCUT2D eigenvalue weighted by atomic mass is 16.4. The summed E-state index contributed by atoms with van der Waals surface area (Å²) in [7, 11) is 0. The van der Waals surface area contributed by atoms with Gasteiger partial charge >= 0.3 is 5.97 Å². The fourth-order valence-corrected chi connectivity index (χ4v) is 2.27. The molecule has 3 nitrogen and oxygen atoms in total. The maximum atomic E-state index is 10.3. The zero-order valence-electron chi connectivity index (χ0n) is 12.6. The predicted octanol–water partition coefficient (Wildman–Crippen LogP) is 4.52. The summed E-state index contributed by atoms with van der Waals surface area (Å²) in [6.45, 7) is 2.03. The van der Waals surface area contributed by atoms with Gasteiger partial charge < -0.3 is 10.2 Å². The Kier molecular flexibility index (Phi) is 13.4. The maximum absolute atomic E-state index is 10.3. The topological polar surface area (TPSA) is 57.5 Å². The Balaban J connectivity index is 3.01. The minimum absolute atomic E-state index is 0.0918. The quantitative estimate of drug-likeness (QED) is 0.457. The molecular formula is C16H32O3. The number of hydrogen-bond acceptors (Lipinski definition) is 2. The first-order valence-electron chi connectivity index (χ1n) is 8.06. The molecule has 0 unspecified atom stereocenters. The Morgan fingerprint density at radius 2 is 1.26 bits per heavy atom. The van der Waals surface area contributed by atoms with Crippen LogP contribution in [-0.2, 0) is 4.79 Å². The van der Waals surface area contributed by atoms with E-state index in [0.29, 0.717) is 6.42 Å². The second kappa shape index (κ2) is 13.9. The van der Waals surface area contributed by atoms with Crippen molar-refractivity contribution in [3.05, 3.63) is 0 Å². The van der Waals surface area contributed by atoms with Crippen LogP contribution in [0, 0.1) is 0 Å². The summed E-state index contributed by atoms with van der Waals surface area (Å²) in [5, 5.41) is 17.9. The van der Waals surface area contributed by atoms with Crippen LogP contribution < -0.4 is 0 Å². The molecule has 2 N–H and O–H groups in total. The summed E-state index contributed by atoms with van der Waals surface area (Å²) >= 11 is 0. The molecule has 0 aliphatic carbocycles. The summed E-state index contributed by atoms with van der Waals surface area (Å²) < 4.78 is 0. The van der Waals surface area contributed by atoms with E-state index in [2.05, 4.69) is 0 Å². The molecule has 19 heavy (non-hydrogen) atoms. The van der Waals surface area contributed by atoms with E-state index in [4.69, 9.17) is 5.11 Å². The number of carboxylic acids is 1. The minimum atomic E-state index is -0.673. The lowest BCUT2D eigenvalue weighted by Crippen LogP contribution is -2.03. The molecule has 1 atom stereocenters. The average Bonchev–Trinajstić information content (AvgIpc) is 2.39. The Morgan fingerprint density at radius 3 is 1.68 bits per heavy atom. The molecular weight excluding hydrogens is 240 g/mol. The van der Waals surface area contributed by atoms with Crippen molar-refractivity contribution < 1.29 is 15.0 Å². The van der Waals surface area contributed by atoms with E-state index in [0.717, 1.165) is 32.1 Å². The van der Waals surface area contributed by atoms with Crippen LogP contribution in [0.15, 0.2) is 0 Å². The van der Waals surface area contributed by atoms with Crippen molar-refractivity contribution in [2.45, 2.75) is 96.5 Å².